The van der Waals surface area contributed by atoms with Crippen LogP contribution in [0.25, 0.3) is 0 Å². The van der Waals surface area contributed by atoms with E-state index in [1.54, 1.807) is 33.2 Å². The number of nitrogens with one attached hydrogen (secondary N) is 1. The molecule has 1 unspecified atom stereocenters. The van der Waals surface area contributed by atoms with E-state index in [1.165, 1.54) is 0 Å². The smallest absolute Gasteiger partial charge is 0.407 e. The molecule has 1 heterocycles. The van der Waals surface area contributed by atoms with E-state index in [9.17, 15) is 9.90 Å². The molecule has 0 saturated carbocycles. The second-order valence-corrected chi connectivity index (χ2v) is 5.79. The molecule has 0 aromatic carbocycles. The third kappa shape index (κ3) is 6.02. The summed E-state index contributed by atoms with van der Waals surface area (Å²) < 4.78 is 5.23. The number of aliphatic hydroxyl groups excluding tert-OH is 1. The van der Waals surface area contributed by atoms with Crippen LogP contribution < -0.4 is 5.32 Å². The molecular weight excluding hydrogens is 256 g/mol. The molecule has 2 N–H and O–H groups in total. The number of amides is 1. The molecule has 0 radical (unpaired) electrons. The third-order valence-corrected chi connectivity index (χ3v) is 2.79. The maximum Gasteiger partial charge on any atom is 0.407 e. The van der Waals surface area contributed by atoms with Crippen molar-refractivity contribution in [3.05, 3.63) is 30.1 Å². The maximum atomic E-state index is 11.8. The van der Waals surface area contributed by atoms with Crippen LogP contribution in [0.5, 0.6) is 0 Å². The van der Waals surface area contributed by atoms with Gasteiger partial charge in [0.25, 0.3) is 0 Å². The average Bonchev–Trinajstić information content (AvgIpc) is 2.36. The Hall–Kier alpha value is -1.62. The van der Waals surface area contributed by atoms with E-state index >= 15 is 0 Å². The molecule has 0 aliphatic heterocycles. The number of alkyl carbamates (subject to hydrolysis) is 1. The highest BCUT2D eigenvalue weighted by molar-refractivity contribution is 5.68. The van der Waals surface area contributed by atoms with Crippen molar-refractivity contribution in [2.45, 2.75) is 58.3 Å². The maximum absolute atomic E-state index is 11.8. The highest BCUT2D eigenvalue weighted by atomic mass is 16.6. The summed E-state index contributed by atoms with van der Waals surface area (Å²) in [5.41, 5.74) is 0.455. The zero-order valence-electron chi connectivity index (χ0n) is 12.6. The van der Waals surface area contributed by atoms with E-state index in [0.717, 1.165) is 5.56 Å². The molecule has 5 heteroatoms. The topological polar surface area (TPSA) is 71.5 Å². The fraction of sp³-hybridized carbons (Fsp3) is 0.600. The Morgan fingerprint density at radius 3 is 2.50 bits per heavy atom. The van der Waals surface area contributed by atoms with Gasteiger partial charge >= 0.3 is 6.09 Å². The van der Waals surface area contributed by atoms with Gasteiger partial charge in [0.1, 0.15) is 5.60 Å². The molecule has 112 valence electrons. The van der Waals surface area contributed by atoms with Gasteiger partial charge in [0.15, 0.2) is 0 Å². The Labute approximate surface area is 120 Å². The first-order chi connectivity index (χ1) is 9.31. The number of aromatic nitrogens is 1. The largest absolute Gasteiger partial charge is 0.444 e. The molecule has 0 fully saturated rings. The number of ether oxygens (including phenoxy) is 1. The van der Waals surface area contributed by atoms with Gasteiger partial charge in [0, 0.05) is 12.4 Å². The van der Waals surface area contributed by atoms with Crippen molar-refractivity contribution in [3.63, 3.8) is 0 Å². The van der Waals surface area contributed by atoms with Crippen LogP contribution in [0.1, 0.15) is 39.7 Å². The van der Waals surface area contributed by atoms with Crippen molar-refractivity contribution < 1.29 is 14.6 Å². The number of nitrogens with zero attached hydrogens (tertiary/aromatic N) is 1. The summed E-state index contributed by atoms with van der Waals surface area (Å²) in [6.45, 7) is 7.29. The van der Waals surface area contributed by atoms with Crippen LogP contribution >= 0.6 is 0 Å². The molecule has 2 atom stereocenters. The van der Waals surface area contributed by atoms with Crippen LogP contribution in [-0.4, -0.2) is 33.9 Å². The van der Waals surface area contributed by atoms with Crippen LogP contribution in [0.3, 0.4) is 0 Å². The molecular formula is C15H24N2O3. The van der Waals surface area contributed by atoms with E-state index in [-0.39, 0.29) is 6.04 Å². The molecule has 1 aromatic heterocycles. The van der Waals surface area contributed by atoms with Crippen molar-refractivity contribution >= 4 is 6.09 Å². The summed E-state index contributed by atoms with van der Waals surface area (Å²) in [6, 6.07) is 3.36. The minimum absolute atomic E-state index is 0.378. The molecule has 0 aliphatic carbocycles. The molecule has 1 aromatic rings. The van der Waals surface area contributed by atoms with Gasteiger partial charge in [0.05, 0.1) is 12.1 Å². The first-order valence-electron chi connectivity index (χ1n) is 6.88. The molecule has 0 spiro atoms. The van der Waals surface area contributed by atoms with Gasteiger partial charge in [-0.15, -0.1) is 0 Å². The first-order valence-corrected chi connectivity index (χ1v) is 6.88. The highest BCUT2D eigenvalue weighted by Gasteiger charge is 2.23. The quantitative estimate of drug-likeness (QED) is 0.868. The first kappa shape index (κ1) is 16.4. The van der Waals surface area contributed by atoms with E-state index in [0.29, 0.717) is 12.8 Å². The fourth-order valence-corrected chi connectivity index (χ4v) is 1.80. The monoisotopic (exact) mass is 280 g/mol. The second kappa shape index (κ2) is 7.24. The van der Waals surface area contributed by atoms with Gasteiger partial charge in [-0.2, -0.15) is 0 Å². The number of carbonyl (C=O) groups excluding carboxylic acids is 1. The second-order valence-electron chi connectivity index (χ2n) is 5.79. The predicted molar refractivity (Wildman–Crippen MR) is 77.4 cm³/mol. The van der Waals surface area contributed by atoms with Crippen molar-refractivity contribution in [3.8, 4) is 0 Å². The lowest BCUT2D eigenvalue weighted by atomic mass is 10.0. The Morgan fingerprint density at radius 1 is 1.40 bits per heavy atom. The normalized spacial score (nSPS) is 14.4. The molecule has 1 rings (SSSR count). The van der Waals surface area contributed by atoms with Gasteiger partial charge in [0.2, 0.25) is 0 Å². The summed E-state index contributed by atoms with van der Waals surface area (Å²) in [5, 5.41) is 12.8. The molecule has 20 heavy (non-hydrogen) atoms. The number of aliphatic hydroxyl groups is 1. The number of rotatable bonds is 5. The Morgan fingerprint density at radius 2 is 2.00 bits per heavy atom. The standard InChI is InChI=1S/C15H24N2O3/c1-5-13(18)12(10-11-6-8-16-9-7-11)17-14(19)20-15(2,3)4/h6-9,12-13,18H,5,10H2,1-4H3,(H,17,19)/t12-,13?/m1/s1. The van der Waals surface area contributed by atoms with Crippen molar-refractivity contribution in [1.29, 1.82) is 0 Å². The minimum atomic E-state index is -0.615. The van der Waals surface area contributed by atoms with Crippen LogP contribution in [0, 0.1) is 0 Å². The van der Waals surface area contributed by atoms with Crippen molar-refractivity contribution in [1.82, 2.24) is 10.3 Å². The van der Waals surface area contributed by atoms with Gasteiger partial charge in [-0.25, -0.2) is 4.79 Å². The summed E-state index contributed by atoms with van der Waals surface area (Å²) in [4.78, 5) is 15.8. The molecule has 5 nitrogen and oxygen atoms in total. The zero-order valence-corrected chi connectivity index (χ0v) is 12.6. The van der Waals surface area contributed by atoms with Crippen LogP contribution in [0.15, 0.2) is 24.5 Å². The van der Waals surface area contributed by atoms with E-state index in [1.807, 2.05) is 19.1 Å². The highest BCUT2D eigenvalue weighted by Crippen LogP contribution is 2.11. The predicted octanol–water partition coefficient (Wildman–Crippen LogP) is 2.29. The molecule has 0 aliphatic rings. The third-order valence-electron chi connectivity index (χ3n) is 2.79. The summed E-state index contributed by atoms with van der Waals surface area (Å²) >= 11 is 0. The lowest BCUT2D eigenvalue weighted by molar-refractivity contribution is 0.0419. The Balaban J connectivity index is 2.68. The van der Waals surface area contributed by atoms with Gasteiger partial charge < -0.3 is 15.2 Å². The van der Waals surface area contributed by atoms with Crippen molar-refractivity contribution in [2.75, 3.05) is 0 Å². The summed E-state index contributed by atoms with van der Waals surface area (Å²) in [5.74, 6) is 0. The van der Waals surface area contributed by atoms with Gasteiger partial charge in [-0.3, -0.25) is 4.98 Å². The number of carbonyl (C=O) groups is 1. The lowest BCUT2D eigenvalue weighted by Gasteiger charge is -2.26. The van der Waals surface area contributed by atoms with Crippen LogP contribution in [0.2, 0.25) is 0 Å². The summed E-state index contributed by atoms with van der Waals surface area (Å²) in [6.07, 6.45) is 3.36. The van der Waals surface area contributed by atoms with E-state index in [4.69, 9.17) is 4.74 Å². The minimum Gasteiger partial charge on any atom is -0.444 e. The zero-order chi connectivity index (χ0) is 15.2. The van der Waals surface area contributed by atoms with Gasteiger partial charge in [-0.05, 0) is 51.3 Å². The molecule has 0 bridgehead atoms. The SMILES string of the molecule is CCC(O)[C@@H](Cc1ccncc1)NC(=O)OC(C)(C)C. The summed E-state index contributed by atoms with van der Waals surface area (Å²) in [7, 11) is 0. The lowest BCUT2D eigenvalue weighted by Crippen LogP contribution is -2.46. The van der Waals surface area contributed by atoms with Gasteiger partial charge in [-0.1, -0.05) is 6.92 Å². The number of hydrogen-bond donors (Lipinski definition) is 2. The molecule has 1 amide bonds. The van der Waals surface area contributed by atoms with Crippen molar-refractivity contribution in [2.24, 2.45) is 0 Å². The van der Waals surface area contributed by atoms with E-state index < -0.39 is 17.8 Å². The van der Waals surface area contributed by atoms with Crippen LogP contribution in [-0.2, 0) is 11.2 Å². The number of pyridine rings is 1. The van der Waals surface area contributed by atoms with Crippen LogP contribution in [0.4, 0.5) is 4.79 Å². The Kier molecular flexibility index (Phi) is 5.95. The fourth-order valence-electron chi connectivity index (χ4n) is 1.80. The Bertz CT molecular complexity index is 415. The van der Waals surface area contributed by atoms with E-state index in [2.05, 4.69) is 10.3 Å². The number of hydrogen-bond acceptors (Lipinski definition) is 4. The average molecular weight is 280 g/mol. The molecule has 0 saturated heterocycles.